The minimum Gasteiger partial charge on any atom is -0.482 e. The number of carbonyl (C=O) groups excluding carboxylic acids is 1. The van der Waals surface area contributed by atoms with Gasteiger partial charge in [-0.15, -0.1) is 0 Å². The van der Waals surface area contributed by atoms with E-state index < -0.39 is 0 Å². The van der Waals surface area contributed by atoms with Gasteiger partial charge in [-0.05, 0) is 37.6 Å². The Kier molecular flexibility index (Phi) is 4.57. The Bertz CT molecular complexity index is 538. The summed E-state index contributed by atoms with van der Waals surface area (Å²) in [6.45, 7) is 3.76. The molecule has 0 unspecified atom stereocenters. The van der Waals surface area contributed by atoms with Gasteiger partial charge in [0.05, 0.1) is 5.02 Å². The molecule has 1 atom stereocenters. The number of halogens is 2. The lowest BCUT2D eigenvalue weighted by molar-refractivity contribution is -0.135. The fourth-order valence-corrected chi connectivity index (χ4v) is 3.50. The second-order valence-corrected chi connectivity index (χ2v) is 6.38. The highest BCUT2D eigenvalue weighted by molar-refractivity contribution is 6.35. The molecule has 0 N–H and O–H groups in total. The highest BCUT2D eigenvalue weighted by atomic mass is 35.5. The van der Waals surface area contributed by atoms with Crippen molar-refractivity contribution in [3.05, 3.63) is 28.2 Å². The Morgan fingerprint density at radius 3 is 2.95 bits per heavy atom. The molecule has 2 fully saturated rings. The van der Waals surface area contributed by atoms with Crippen LogP contribution in [0.15, 0.2) is 18.2 Å². The minimum absolute atomic E-state index is 0.0209. The van der Waals surface area contributed by atoms with E-state index in [-0.39, 0.29) is 12.5 Å². The van der Waals surface area contributed by atoms with Crippen molar-refractivity contribution >= 4 is 29.1 Å². The molecule has 1 amide bonds. The normalized spacial score (nSPS) is 22.2. The third-order valence-corrected chi connectivity index (χ3v) is 4.72. The number of carbonyl (C=O) groups is 1. The third-order valence-electron chi connectivity index (χ3n) is 4.19. The van der Waals surface area contributed by atoms with Crippen LogP contribution >= 0.6 is 23.2 Å². The summed E-state index contributed by atoms with van der Waals surface area (Å²) in [5.74, 6) is 0.515. The maximum Gasteiger partial charge on any atom is 0.260 e. The van der Waals surface area contributed by atoms with E-state index in [2.05, 4.69) is 4.90 Å². The molecule has 1 aromatic rings. The van der Waals surface area contributed by atoms with Crippen molar-refractivity contribution in [3.8, 4) is 5.75 Å². The molecular weight excluding hydrogens is 311 g/mol. The molecule has 6 heteroatoms. The van der Waals surface area contributed by atoms with Crippen molar-refractivity contribution in [1.29, 1.82) is 0 Å². The SMILES string of the molecule is O=C(COc1ccc(Cl)cc1Cl)N1CCN2CCC[C@@H]2C1. The number of piperazine rings is 1. The topological polar surface area (TPSA) is 32.8 Å². The van der Waals surface area contributed by atoms with Crippen LogP contribution in [0.25, 0.3) is 0 Å². The van der Waals surface area contributed by atoms with Gasteiger partial charge in [0, 0.05) is 30.7 Å². The maximum atomic E-state index is 12.3. The number of amides is 1. The molecule has 0 aliphatic carbocycles. The van der Waals surface area contributed by atoms with Crippen LogP contribution in [0.5, 0.6) is 5.75 Å². The fraction of sp³-hybridized carbons (Fsp3) is 0.533. The van der Waals surface area contributed by atoms with Crippen LogP contribution in [0.3, 0.4) is 0 Å². The molecule has 0 saturated carbocycles. The number of nitrogens with zero attached hydrogens (tertiary/aromatic N) is 2. The summed E-state index contributed by atoms with van der Waals surface area (Å²) in [4.78, 5) is 16.6. The van der Waals surface area contributed by atoms with Gasteiger partial charge in [-0.3, -0.25) is 9.69 Å². The number of hydrogen-bond donors (Lipinski definition) is 0. The van der Waals surface area contributed by atoms with Gasteiger partial charge < -0.3 is 9.64 Å². The Morgan fingerprint density at radius 1 is 1.29 bits per heavy atom. The lowest BCUT2D eigenvalue weighted by atomic mass is 10.1. The molecule has 2 heterocycles. The lowest BCUT2D eigenvalue weighted by Gasteiger charge is -2.37. The van der Waals surface area contributed by atoms with Crippen LogP contribution in [0, 0.1) is 0 Å². The predicted molar refractivity (Wildman–Crippen MR) is 83.1 cm³/mol. The standard InChI is InChI=1S/C15H18Cl2N2O2/c16-11-3-4-14(13(17)8-11)21-10-15(20)19-7-6-18-5-1-2-12(18)9-19/h3-4,8,12H,1-2,5-7,9-10H2/t12-/m1/s1. The van der Waals surface area contributed by atoms with E-state index >= 15 is 0 Å². The molecule has 114 valence electrons. The molecular formula is C15H18Cl2N2O2. The summed E-state index contributed by atoms with van der Waals surface area (Å²) in [6, 6.07) is 5.53. The summed E-state index contributed by atoms with van der Waals surface area (Å²) in [7, 11) is 0. The van der Waals surface area contributed by atoms with Gasteiger partial charge in [0.25, 0.3) is 5.91 Å². The smallest absolute Gasteiger partial charge is 0.260 e. The summed E-state index contributed by atoms with van der Waals surface area (Å²) >= 11 is 11.9. The minimum atomic E-state index is 0.0209. The van der Waals surface area contributed by atoms with E-state index in [1.54, 1.807) is 18.2 Å². The van der Waals surface area contributed by atoms with Gasteiger partial charge in [-0.1, -0.05) is 23.2 Å². The average molecular weight is 329 g/mol. The second kappa shape index (κ2) is 6.42. The van der Waals surface area contributed by atoms with Crippen LogP contribution in [0.2, 0.25) is 10.0 Å². The predicted octanol–water partition coefficient (Wildman–Crippen LogP) is 2.68. The van der Waals surface area contributed by atoms with Gasteiger partial charge >= 0.3 is 0 Å². The van der Waals surface area contributed by atoms with Crippen molar-refractivity contribution in [1.82, 2.24) is 9.80 Å². The Morgan fingerprint density at radius 2 is 2.14 bits per heavy atom. The molecule has 21 heavy (non-hydrogen) atoms. The van der Waals surface area contributed by atoms with E-state index in [9.17, 15) is 4.79 Å². The van der Waals surface area contributed by atoms with Crippen molar-refractivity contribution in [2.75, 3.05) is 32.8 Å². The van der Waals surface area contributed by atoms with Gasteiger partial charge in [0.2, 0.25) is 0 Å². The number of ether oxygens (including phenoxy) is 1. The maximum absolute atomic E-state index is 12.3. The number of hydrogen-bond acceptors (Lipinski definition) is 3. The van der Waals surface area contributed by atoms with E-state index in [1.165, 1.54) is 19.4 Å². The van der Waals surface area contributed by atoms with Gasteiger partial charge in [-0.2, -0.15) is 0 Å². The Balaban J connectivity index is 1.54. The first kappa shape index (κ1) is 14.9. The molecule has 4 nitrogen and oxygen atoms in total. The quantitative estimate of drug-likeness (QED) is 0.855. The molecule has 2 aliphatic heterocycles. The first-order valence-corrected chi connectivity index (χ1v) is 7.99. The van der Waals surface area contributed by atoms with Gasteiger partial charge in [0.1, 0.15) is 5.75 Å². The highest BCUT2D eigenvalue weighted by Crippen LogP contribution is 2.27. The first-order chi connectivity index (χ1) is 10.1. The number of fused-ring (bicyclic) bond motifs is 1. The zero-order chi connectivity index (χ0) is 14.8. The monoisotopic (exact) mass is 328 g/mol. The van der Waals surface area contributed by atoms with Crippen molar-refractivity contribution in [3.63, 3.8) is 0 Å². The largest absolute Gasteiger partial charge is 0.482 e. The Hall–Kier alpha value is -0.970. The Labute approximate surface area is 134 Å². The van der Waals surface area contributed by atoms with E-state index in [0.717, 1.165) is 19.6 Å². The van der Waals surface area contributed by atoms with Crippen LogP contribution in [0.1, 0.15) is 12.8 Å². The zero-order valence-electron chi connectivity index (χ0n) is 11.7. The van der Waals surface area contributed by atoms with Crippen LogP contribution < -0.4 is 4.74 Å². The molecule has 2 aliphatic rings. The van der Waals surface area contributed by atoms with Gasteiger partial charge in [0.15, 0.2) is 6.61 Å². The van der Waals surface area contributed by atoms with Crippen molar-refractivity contribution in [2.24, 2.45) is 0 Å². The molecule has 2 saturated heterocycles. The van der Waals surface area contributed by atoms with Gasteiger partial charge in [-0.25, -0.2) is 0 Å². The third kappa shape index (κ3) is 3.44. The summed E-state index contributed by atoms with van der Waals surface area (Å²) in [5.41, 5.74) is 0. The highest BCUT2D eigenvalue weighted by Gasteiger charge is 2.32. The lowest BCUT2D eigenvalue weighted by Crippen LogP contribution is -2.53. The number of benzene rings is 1. The van der Waals surface area contributed by atoms with Crippen molar-refractivity contribution in [2.45, 2.75) is 18.9 Å². The van der Waals surface area contributed by atoms with Crippen LogP contribution in [-0.4, -0.2) is 54.5 Å². The second-order valence-electron chi connectivity index (χ2n) is 5.54. The van der Waals surface area contributed by atoms with Crippen LogP contribution in [0.4, 0.5) is 0 Å². The van der Waals surface area contributed by atoms with E-state index in [0.29, 0.717) is 21.8 Å². The molecule has 0 bridgehead atoms. The summed E-state index contributed by atoms with van der Waals surface area (Å²) in [6.07, 6.45) is 2.43. The molecule has 0 aromatic heterocycles. The van der Waals surface area contributed by atoms with Crippen LogP contribution in [-0.2, 0) is 4.79 Å². The fourth-order valence-electron chi connectivity index (χ4n) is 3.04. The molecule has 1 aromatic carbocycles. The average Bonchev–Trinajstić information content (AvgIpc) is 2.93. The summed E-state index contributed by atoms with van der Waals surface area (Å²) < 4.78 is 5.52. The zero-order valence-corrected chi connectivity index (χ0v) is 13.2. The number of rotatable bonds is 3. The summed E-state index contributed by atoms with van der Waals surface area (Å²) in [5, 5.41) is 0.979. The van der Waals surface area contributed by atoms with E-state index in [4.69, 9.17) is 27.9 Å². The molecule has 0 radical (unpaired) electrons. The first-order valence-electron chi connectivity index (χ1n) is 7.23. The molecule has 3 rings (SSSR count). The van der Waals surface area contributed by atoms with Crippen molar-refractivity contribution < 1.29 is 9.53 Å². The van der Waals surface area contributed by atoms with E-state index in [1.807, 2.05) is 4.90 Å². The molecule has 0 spiro atoms.